The number of aryl methyl sites for hydroxylation is 2. The molecule has 1 aliphatic heterocycles. The average Bonchev–Trinajstić information content (AvgIpc) is 3.28. The van der Waals surface area contributed by atoms with Crippen LogP contribution in [0.4, 0.5) is 0 Å². The van der Waals surface area contributed by atoms with Gasteiger partial charge in [-0.15, -0.1) is 0 Å². The van der Waals surface area contributed by atoms with Crippen LogP contribution in [-0.4, -0.2) is 33.4 Å². The van der Waals surface area contributed by atoms with Crippen molar-refractivity contribution in [2.24, 2.45) is 0 Å². The maximum absolute atomic E-state index is 12.9. The van der Waals surface area contributed by atoms with Crippen molar-refractivity contribution in [3.8, 4) is 11.4 Å². The number of likely N-dealkylation sites (tertiary alicyclic amines) is 1. The largest absolute Gasteiger partial charge is 0.336 e. The van der Waals surface area contributed by atoms with E-state index in [1.165, 1.54) is 0 Å². The van der Waals surface area contributed by atoms with Gasteiger partial charge in [0.15, 0.2) is 0 Å². The lowest BCUT2D eigenvalue weighted by atomic mass is 10.1. The summed E-state index contributed by atoms with van der Waals surface area (Å²) in [5, 5.41) is 0. The van der Waals surface area contributed by atoms with Crippen LogP contribution in [0.5, 0.6) is 0 Å². The molecule has 0 aliphatic carbocycles. The lowest BCUT2D eigenvalue weighted by molar-refractivity contribution is 0.0787. The Hall–Kier alpha value is -2.88. The van der Waals surface area contributed by atoms with Gasteiger partial charge in [0.2, 0.25) is 0 Å². The van der Waals surface area contributed by atoms with Crippen molar-refractivity contribution in [1.29, 1.82) is 0 Å². The Labute approximate surface area is 154 Å². The van der Waals surface area contributed by atoms with Gasteiger partial charge in [-0.2, -0.15) is 0 Å². The van der Waals surface area contributed by atoms with Crippen LogP contribution in [-0.2, 0) is 0 Å². The molecule has 1 aromatic heterocycles. The minimum absolute atomic E-state index is 0.121. The highest BCUT2D eigenvalue weighted by atomic mass is 16.2. The fourth-order valence-corrected chi connectivity index (χ4v) is 3.81. The number of hydrogen-bond acceptors (Lipinski definition) is 2. The summed E-state index contributed by atoms with van der Waals surface area (Å²) in [6.45, 7) is 5.61. The second-order valence-corrected chi connectivity index (χ2v) is 7.02. The van der Waals surface area contributed by atoms with Crippen LogP contribution in [0.1, 0.15) is 34.1 Å². The number of hydrogen-bond donors (Lipinski definition) is 0. The van der Waals surface area contributed by atoms with Gasteiger partial charge >= 0.3 is 0 Å². The van der Waals surface area contributed by atoms with Crippen LogP contribution in [0.2, 0.25) is 0 Å². The molecule has 1 amide bonds. The SMILES string of the molecule is Cc1cccc(C(=O)N2CCC(n3c(C)cnc3-c3ccccc3)C2)c1. The van der Waals surface area contributed by atoms with Crippen LogP contribution in [0.25, 0.3) is 11.4 Å². The molecule has 4 nitrogen and oxygen atoms in total. The second kappa shape index (κ2) is 6.79. The zero-order valence-electron chi connectivity index (χ0n) is 15.2. The molecule has 1 aliphatic rings. The van der Waals surface area contributed by atoms with E-state index < -0.39 is 0 Å². The number of benzene rings is 2. The minimum Gasteiger partial charge on any atom is -0.336 e. The van der Waals surface area contributed by atoms with E-state index in [2.05, 4.69) is 28.6 Å². The van der Waals surface area contributed by atoms with Crippen molar-refractivity contribution in [3.05, 3.63) is 77.6 Å². The molecule has 4 rings (SSSR count). The second-order valence-electron chi connectivity index (χ2n) is 7.02. The van der Waals surface area contributed by atoms with Crippen molar-refractivity contribution in [3.63, 3.8) is 0 Å². The van der Waals surface area contributed by atoms with Gasteiger partial charge in [-0.05, 0) is 32.4 Å². The van der Waals surface area contributed by atoms with Crippen molar-refractivity contribution in [2.75, 3.05) is 13.1 Å². The molecule has 132 valence electrons. The van der Waals surface area contributed by atoms with Gasteiger partial charge in [0.1, 0.15) is 5.82 Å². The highest BCUT2D eigenvalue weighted by Crippen LogP contribution is 2.30. The number of nitrogens with zero attached hydrogens (tertiary/aromatic N) is 3. The van der Waals surface area contributed by atoms with Crippen molar-refractivity contribution < 1.29 is 4.79 Å². The third-order valence-electron chi connectivity index (χ3n) is 5.09. The van der Waals surface area contributed by atoms with Crippen molar-refractivity contribution >= 4 is 5.91 Å². The first-order valence-electron chi connectivity index (χ1n) is 9.08. The molecule has 0 saturated carbocycles. The van der Waals surface area contributed by atoms with Gasteiger partial charge in [-0.25, -0.2) is 4.98 Å². The summed E-state index contributed by atoms with van der Waals surface area (Å²) >= 11 is 0. The van der Waals surface area contributed by atoms with Gasteiger partial charge in [0, 0.05) is 36.1 Å². The Bertz CT molecular complexity index is 930. The Morgan fingerprint density at radius 2 is 1.88 bits per heavy atom. The summed E-state index contributed by atoms with van der Waals surface area (Å²) in [7, 11) is 0. The van der Waals surface area contributed by atoms with Crippen LogP contribution in [0.15, 0.2) is 60.8 Å². The Balaban J connectivity index is 1.58. The van der Waals surface area contributed by atoms with E-state index in [0.29, 0.717) is 0 Å². The van der Waals surface area contributed by atoms with E-state index in [9.17, 15) is 4.79 Å². The monoisotopic (exact) mass is 345 g/mol. The van der Waals surface area contributed by atoms with Crippen LogP contribution < -0.4 is 0 Å². The molecule has 3 aromatic rings. The Morgan fingerprint density at radius 3 is 2.65 bits per heavy atom. The maximum atomic E-state index is 12.9. The first kappa shape index (κ1) is 16.6. The predicted octanol–water partition coefficient (Wildman–Crippen LogP) is 4.25. The summed E-state index contributed by atoms with van der Waals surface area (Å²) < 4.78 is 2.29. The first-order valence-corrected chi connectivity index (χ1v) is 9.08. The normalized spacial score (nSPS) is 16.8. The molecule has 0 spiro atoms. The summed E-state index contributed by atoms with van der Waals surface area (Å²) in [6.07, 6.45) is 2.88. The summed E-state index contributed by atoms with van der Waals surface area (Å²) in [6, 6.07) is 18.4. The molecule has 0 N–H and O–H groups in total. The fourth-order valence-electron chi connectivity index (χ4n) is 3.81. The van der Waals surface area contributed by atoms with Gasteiger partial charge in [0.25, 0.3) is 5.91 Å². The van der Waals surface area contributed by atoms with Crippen LogP contribution >= 0.6 is 0 Å². The van der Waals surface area contributed by atoms with E-state index in [0.717, 1.165) is 47.7 Å². The molecule has 2 heterocycles. The molecule has 0 bridgehead atoms. The number of rotatable bonds is 3. The lowest BCUT2D eigenvalue weighted by Crippen LogP contribution is -2.29. The van der Waals surface area contributed by atoms with Crippen molar-refractivity contribution in [1.82, 2.24) is 14.5 Å². The molecular formula is C22H23N3O. The van der Waals surface area contributed by atoms with Gasteiger partial charge in [0.05, 0.1) is 6.04 Å². The van der Waals surface area contributed by atoms with Gasteiger partial charge in [-0.3, -0.25) is 4.79 Å². The summed E-state index contributed by atoms with van der Waals surface area (Å²) in [5.74, 6) is 1.10. The van der Waals surface area contributed by atoms with E-state index in [-0.39, 0.29) is 11.9 Å². The van der Waals surface area contributed by atoms with E-state index in [1.807, 2.05) is 60.5 Å². The zero-order chi connectivity index (χ0) is 18.1. The number of carbonyl (C=O) groups excluding carboxylic acids is 1. The van der Waals surface area contributed by atoms with E-state index >= 15 is 0 Å². The van der Waals surface area contributed by atoms with E-state index in [4.69, 9.17) is 0 Å². The molecule has 0 radical (unpaired) electrons. The smallest absolute Gasteiger partial charge is 0.253 e. The molecule has 1 fully saturated rings. The number of aromatic nitrogens is 2. The Kier molecular flexibility index (Phi) is 4.33. The maximum Gasteiger partial charge on any atom is 0.253 e. The molecule has 1 saturated heterocycles. The molecule has 26 heavy (non-hydrogen) atoms. The quantitative estimate of drug-likeness (QED) is 0.711. The van der Waals surface area contributed by atoms with Gasteiger partial charge < -0.3 is 9.47 Å². The number of amides is 1. The average molecular weight is 345 g/mol. The molecular weight excluding hydrogens is 322 g/mol. The zero-order valence-corrected chi connectivity index (χ0v) is 15.2. The Morgan fingerprint density at radius 1 is 1.08 bits per heavy atom. The standard InChI is InChI=1S/C22H23N3O/c1-16-7-6-10-19(13-16)22(26)24-12-11-20(15-24)25-17(2)14-23-21(25)18-8-4-3-5-9-18/h3-10,13-14,20H,11-12,15H2,1-2H3. The third kappa shape index (κ3) is 3.03. The number of imidazole rings is 1. The first-order chi connectivity index (χ1) is 12.6. The molecule has 1 atom stereocenters. The van der Waals surface area contributed by atoms with Crippen LogP contribution in [0.3, 0.4) is 0 Å². The van der Waals surface area contributed by atoms with Gasteiger partial charge in [-0.1, -0.05) is 48.0 Å². The highest BCUT2D eigenvalue weighted by Gasteiger charge is 2.30. The summed E-state index contributed by atoms with van der Waals surface area (Å²) in [5.41, 5.74) is 4.14. The van der Waals surface area contributed by atoms with Crippen molar-refractivity contribution in [2.45, 2.75) is 26.3 Å². The summed E-state index contributed by atoms with van der Waals surface area (Å²) in [4.78, 5) is 19.5. The fraction of sp³-hybridized carbons (Fsp3) is 0.273. The molecule has 4 heteroatoms. The predicted molar refractivity (Wildman–Crippen MR) is 103 cm³/mol. The van der Waals surface area contributed by atoms with E-state index in [1.54, 1.807) is 0 Å². The topological polar surface area (TPSA) is 38.1 Å². The highest BCUT2D eigenvalue weighted by molar-refractivity contribution is 5.94. The van der Waals surface area contributed by atoms with Crippen LogP contribution in [0, 0.1) is 13.8 Å². The number of carbonyl (C=O) groups is 1. The third-order valence-corrected chi connectivity index (χ3v) is 5.09. The molecule has 1 unspecified atom stereocenters. The lowest BCUT2D eigenvalue weighted by Gasteiger charge is -2.20. The molecule has 2 aromatic carbocycles. The minimum atomic E-state index is 0.121.